The number of nitrogens with zero attached hydrogens (tertiary/aromatic N) is 1. The summed E-state index contributed by atoms with van der Waals surface area (Å²) in [5, 5.41) is 2.38. The fraction of sp³-hybridized carbons (Fsp3) is 0.0556. The number of hydrogen-bond donors (Lipinski definition) is 0. The first kappa shape index (κ1) is 11.2. The van der Waals surface area contributed by atoms with Gasteiger partial charge in [0.2, 0.25) is 0 Å². The van der Waals surface area contributed by atoms with Crippen molar-refractivity contribution in [2.24, 2.45) is 0 Å². The van der Waals surface area contributed by atoms with Crippen molar-refractivity contribution in [3.8, 4) is 11.1 Å². The lowest BCUT2D eigenvalue weighted by atomic mass is 10.0. The molecule has 0 saturated carbocycles. The monoisotopic (exact) mass is 259 g/mol. The van der Waals surface area contributed by atoms with E-state index in [0.29, 0.717) is 0 Å². The molecule has 4 rings (SSSR count). The van der Waals surface area contributed by atoms with Gasteiger partial charge in [0.05, 0.1) is 0 Å². The summed E-state index contributed by atoms with van der Waals surface area (Å²) in [5.41, 5.74) is 5.35. The van der Waals surface area contributed by atoms with Crippen LogP contribution in [0.2, 0.25) is 0 Å². The van der Waals surface area contributed by atoms with Crippen LogP contribution in [0.3, 0.4) is 0 Å². The fourth-order valence-electron chi connectivity index (χ4n) is 2.72. The van der Waals surface area contributed by atoms with Gasteiger partial charge in [-0.2, -0.15) is 0 Å². The van der Waals surface area contributed by atoms with E-state index in [2.05, 4.69) is 42.2 Å². The summed E-state index contributed by atoms with van der Waals surface area (Å²) in [6.07, 6.45) is 3.65. The topological polar surface area (TPSA) is 26.0 Å². The van der Waals surface area contributed by atoms with Crippen LogP contribution < -0.4 is 0 Å². The second kappa shape index (κ2) is 4.20. The van der Waals surface area contributed by atoms with Gasteiger partial charge < -0.3 is 4.42 Å². The molecule has 0 amide bonds. The Kier molecular flexibility index (Phi) is 2.36. The largest absolute Gasteiger partial charge is 0.456 e. The highest BCUT2D eigenvalue weighted by Crippen LogP contribution is 2.33. The molecule has 0 aliphatic carbocycles. The van der Waals surface area contributed by atoms with Gasteiger partial charge in [-0.15, -0.1) is 0 Å². The zero-order chi connectivity index (χ0) is 13.5. The van der Waals surface area contributed by atoms with Gasteiger partial charge >= 0.3 is 0 Å². The fourth-order valence-corrected chi connectivity index (χ4v) is 2.72. The van der Waals surface area contributed by atoms with E-state index in [1.165, 1.54) is 16.3 Å². The summed E-state index contributed by atoms with van der Waals surface area (Å²) < 4.78 is 5.97. The van der Waals surface area contributed by atoms with E-state index < -0.39 is 0 Å². The van der Waals surface area contributed by atoms with Crippen molar-refractivity contribution in [2.45, 2.75) is 6.92 Å². The van der Waals surface area contributed by atoms with Crippen molar-refractivity contribution in [1.82, 2.24) is 4.98 Å². The van der Waals surface area contributed by atoms with Crippen molar-refractivity contribution in [1.29, 1.82) is 0 Å². The summed E-state index contributed by atoms with van der Waals surface area (Å²) >= 11 is 0. The second-order valence-corrected chi connectivity index (χ2v) is 5.00. The third kappa shape index (κ3) is 1.62. The van der Waals surface area contributed by atoms with Crippen LogP contribution in [0.4, 0.5) is 0 Å². The Labute approximate surface area is 116 Å². The summed E-state index contributed by atoms with van der Waals surface area (Å²) in [4.78, 5) is 4.17. The van der Waals surface area contributed by atoms with Crippen molar-refractivity contribution in [2.75, 3.05) is 0 Å². The highest BCUT2D eigenvalue weighted by molar-refractivity contribution is 6.07. The van der Waals surface area contributed by atoms with E-state index in [1.807, 2.05) is 24.4 Å². The maximum Gasteiger partial charge on any atom is 0.136 e. The van der Waals surface area contributed by atoms with E-state index in [4.69, 9.17) is 4.42 Å². The highest BCUT2D eigenvalue weighted by atomic mass is 16.3. The number of rotatable bonds is 1. The van der Waals surface area contributed by atoms with Gasteiger partial charge in [0.1, 0.15) is 11.2 Å². The van der Waals surface area contributed by atoms with E-state index in [-0.39, 0.29) is 0 Å². The van der Waals surface area contributed by atoms with Gasteiger partial charge in [-0.05, 0) is 42.3 Å². The van der Waals surface area contributed by atoms with E-state index in [1.54, 1.807) is 6.20 Å². The van der Waals surface area contributed by atoms with Crippen LogP contribution in [0.5, 0.6) is 0 Å². The molecule has 2 nitrogen and oxygen atoms in total. The molecular formula is C18H13NO. The number of aryl methyl sites for hydroxylation is 1. The summed E-state index contributed by atoms with van der Waals surface area (Å²) in [5.74, 6) is 0. The summed E-state index contributed by atoms with van der Waals surface area (Å²) in [6.45, 7) is 2.12. The van der Waals surface area contributed by atoms with Crippen LogP contribution in [0, 0.1) is 6.92 Å². The average Bonchev–Trinajstić information content (AvgIpc) is 2.87. The van der Waals surface area contributed by atoms with Gasteiger partial charge in [-0.3, -0.25) is 4.98 Å². The molecule has 2 aromatic carbocycles. The molecule has 0 atom stereocenters. The molecule has 4 aromatic rings. The van der Waals surface area contributed by atoms with Crippen molar-refractivity contribution < 1.29 is 4.42 Å². The van der Waals surface area contributed by atoms with Gasteiger partial charge in [-0.1, -0.05) is 24.3 Å². The molecule has 0 radical (unpaired) electrons. The molecule has 96 valence electrons. The first-order valence-corrected chi connectivity index (χ1v) is 6.65. The Hall–Kier alpha value is -2.61. The molecule has 0 bridgehead atoms. The molecule has 0 fully saturated rings. The molecule has 0 saturated heterocycles. The first-order chi connectivity index (χ1) is 9.83. The Morgan fingerprint density at radius 2 is 1.85 bits per heavy atom. The quantitative estimate of drug-likeness (QED) is 0.483. The first-order valence-electron chi connectivity index (χ1n) is 6.65. The van der Waals surface area contributed by atoms with E-state index >= 15 is 0 Å². The van der Waals surface area contributed by atoms with Gasteiger partial charge in [0.25, 0.3) is 0 Å². The molecule has 2 heteroatoms. The molecule has 0 unspecified atom stereocenters. The minimum absolute atomic E-state index is 0.927. The van der Waals surface area contributed by atoms with Crippen molar-refractivity contribution in [3.63, 3.8) is 0 Å². The van der Waals surface area contributed by atoms with Gasteiger partial charge in [0.15, 0.2) is 0 Å². The number of hydrogen-bond acceptors (Lipinski definition) is 2. The maximum absolute atomic E-state index is 5.97. The molecule has 0 aliphatic rings. The van der Waals surface area contributed by atoms with Crippen LogP contribution in [0.15, 0.2) is 65.3 Å². The van der Waals surface area contributed by atoms with Crippen molar-refractivity contribution in [3.05, 3.63) is 66.5 Å². The molecule has 20 heavy (non-hydrogen) atoms. The van der Waals surface area contributed by atoms with Crippen LogP contribution >= 0.6 is 0 Å². The SMILES string of the molecule is Cc1cccc2oc3cc(-c4cccnc4)ccc3c12. The second-order valence-electron chi connectivity index (χ2n) is 5.00. The number of furan rings is 1. The lowest BCUT2D eigenvalue weighted by Gasteiger charge is -2.00. The van der Waals surface area contributed by atoms with Crippen LogP contribution in [-0.4, -0.2) is 4.98 Å². The minimum Gasteiger partial charge on any atom is -0.456 e. The third-order valence-corrected chi connectivity index (χ3v) is 3.70. The van der Waals surface area contributed by atoms with E-state index in [9.17, 15) is 0 Å². The highest BCUT2D eigenvalue weighted by Gasteiger charge is 2.09. The molecule has 0 aliphatic heterocycles. The normalized spacial score (nSPS) is 11.2. The predicted octanol–water partition coefficient (Wildman–Crippen LogP) is 4.96. The Morgan fingerprint density at radius 1 is 0.900 bits per heavy atom. The third-order valence-electron chi connectivity index (χ3n) is 3.70. The average molecular weight is 259 g/mol. The van der Waals surface area contributed by atoms with Gasteiger partial charge in [0, 0.05) is 28.7 Å². The zero-order valence-corrected chi connectivity index (χ0v) is 11.1. The van der Waals surface area contributed by atoms with Crippen LogP contribution in [0.25, 0.3) is 33.1 Å². The van der Waals surface area contributed by atoms with Crippen LogP contribution in [0.1, 0.15) is 5.56 Å². The molecule has 0 spiro atoms. The molecule has 2 heterocycles. The Bertz CT molecular complexity index is 907. The summed E-state index contributed by atoms with van der Waals surface area (Å²) in [7, 11) is 0. The number of aromatic nitrogens is 1. The Morgan fingerprint density at radius 3 is 2.70 bits per heavy atom. The Balaban J connectivity index is 2.01. The molecule has 0 N–H and O–H groups in total. The maximum atomic E-state index is 5.97. The van der Waals surface area contributed by atoms with Crippen molar-refractivity contribution >= 4 is 21.9 Å². The van der Waals surface area contributed by atoms with E-state index in [0.717, 1.165) is 22.3 Å². The molecular weight excluding hydrogens is 246 g/mol. The predicted molar refractivity (Wildman–Crippen MR) is 81.7 cm³/mol. The number of pyridine rings is 1. The molecule has 2 aromatic heterocycles. The lowest BCUT2D eigenvalue weighted by Crippen LogP contribution is -1.79. The summed E-state index contributed by atoms with van der Waals surface area (Å²) in [6, 6.07) is 16.5. The lowest BCUT2D eigenvalue weighted by molar-refractivity contribution is 0.669. The number of fused-ring (bicyclic) bond motifs is 3. The van der Waals surface area contributed by atoms with Crippen LogP contribution in [-0.2, 0) is 0 Å². The standard InChI is InChI=1S/C18H13NO/c1-12-4-2-6-16-18(12)15-8-7-13(10-17(15)20-16)14-5-3-9-19-11-14/h2-11H,1H3. The minimum atomic E-state index is 0.927. The zero-order valence-electron chi connectivity index (χ0n) is 11.1. The van der Waals surface area contributed by atoms with Gasteiger partial charge in [-0.25, -0.2) is 0 Å². The number of benzene rings is 2. The smallest absolute Gasteiger partial charge is 0.136 e.